The number of alkyl halides is 2. The topological polar surface area (TPSA) is 49.9 Å². The number of halogens is 2. The molecule has 0 aliphatic carbocycles. The number of hydrogen-bond acceptors (Lipinski definition) is 4. The van der Waals surface area contributed by atoms with Gasteiger partial charge in [0.2, 0.25) is 5.91 Å². The minimum Gasteiger partial charge on any atom is -0.458 e. The Morgan fingerprint density at radius 2 is 0.857 bits per heavy atom. The SMILES string of the molecule is CCCCCCCCCCN(C(=O)CCCN(C)C)C(CCCCCCCCC)CCCCC(F)(F)C(=O)OC(CCCCCCCC)CCCCCCCC. The van der Waals surface area contributed by atoms with E-state index in [2.05, 4.69) is 37.5 Å². The average Bonchev–Trinajstić information content (AvgIpc) is 3.17. The van der Waals surface area contributed by atoms with Crippen molar-refractivity contribution < 1.29 is 23.1 Å². The Morgan fingerprint density at radius 1 is 0.482 bits per heavy atom. The fourth-order valence-corrected chi connectivity index (χ4v) is 8.04. The van der Waals surface area contributed by atoms with Crippen LogP contribution in [0.1, 0.15) is 259 Å². The van der Waals surface area contributed by atoms with Gasteiger partial charge in [0.15, 0.2) is 0 Å². The van der Waals surface area contributed by atoms with E-state index >= 15 is 8.78 Å². The van der Waals surface area contributed by atoms with E-state index in [9.17, 15) is 9.59 Å². The summed E-state index contributed by atoms with van der Waals surface area (Å²) in [5.74, 6) is -4.59. The zero-order chi connectivity index (χ0) is 41.5. The number of esters is 1. The summed E-state index contributed by atoms with van der Waals surface area (Å²) in [5, 5.41) is 0. The van der Waals surface area contributed by atoms with Crippen LogP contribution in [0, 0.1) is 0 Å². The Labute approximate surface area is 348 Å². The number of hydrogen-bond donors (Lipinski definition) is 0. The largest absolute Gasteiger partial charge is 0.458 e. The zero-order valence-electron chi connectivity index (χ0n) is 38.4. The first-order valence-electron chi connectivity index (χ1n) is 24.7. The molecule has 5 nitrogen and oxygen atoms in total. The molecular formula is C49H96F2N2O3. The van der Waals surface area contributed by atoms with Crippen LogP contribution in [0.25, 0.3) is 0 Å². The van der Waals surface area contributed by atoms with Gasteiger partial charge in [-0.3, -0.25) is 4.79 Å². The molecule has 0 fully saturated rings. The highest BCUT2D eigenvalue weighted by molar-refractivity contribution is 5.77. The molecule has 0 aromatic heterocycles. The summed E-state index contributed by atoms with van der Waals surface area (Å²) in [6.45, 7) is 10.5. The highest BCUT2D eigenvalue weighted by Crippen LogP contribution is 2.28. The maximum absolute atomic E-state index is 15.4. The minimum absolute atomic E-state index is 0.0710. The van der Waals surface area contributed by atoms with E-state index in [4.69, 9.17) is 4.74 Å². The predicted octanol–water partition coefficient (Wildman–Crippen LogP) is 15.4. The Morgan fingerprint density at radius 3 is 1.29 bits per heavy atom. The van der Waals surface area contributed by atoms with E-state index in [1.807, 2.05) is 14.1 Å². The molecule has 7 heteroatoms. The summed E-state index contributed by atoms with van der Waals surface area (Å²) < 4.78 is 36.5. The molecule has 0 bridgehead atoms. The Bertz CT molecular complexity index is 854. The lowest BCUT2D eigenvalue weighted by Crippen LogP contribution is -2.41. The van der Waals surface area contributed by atoms with Gasteiger partial charge in [0.05, 0.1) is 0 Å². The van der Waals surface area contributed by atoms with Crippen LogP contribution in [0.15, 0.2) is 0 Å². The van der Waals surface area contributed by atoms with Crippen LogP contribution in [0.5, 0.6) is 0 Å². The van der Waals surface area contributed by atoms with Crippen LogP contribution in [0.2, 0.25) is 0 Å². The van der Waals surface area contributed by atoms with Gasteiger partial charge in [-0.25, -0.2) is 4.79 Å². The maximum Gasteiger partial charge on any atom is 0.377 e. The third kappa shape index (κ3) is 32.7. The predicted molar refractivity (Wildman–Crippen MR) is 238 cm³/mol. The molecule has 0 rings (SSSR count). The van der Waals surface area contributed by atoms with Crippen LogP contribution in [-0.2, 0) is 14.3 Å². The second kappa shape index (κ2) is 39.2. The van der Waals surface area contributed by atoms with Crippen molar-refractivity contribution >= 4 is 11.9 Å². The summed E-state index contributed by atoms with van der Waals surface area (Å²) in [6.07, 6.45) is 36.1. The molecule has 0 aliphatic rings. The molecule has 0 aliphatic heterocycles. The quantitative estimate of drug-likeness (QED) is 0.0455. The molecule has 0 saturated carbocycles. The first-order valence-corrected chi connectivity index (χ1v) is 24.7. The molecule has 1 atom stereocenters. The van der Waals surface area contributed by atoms with E-state index < -0.39 is 24.4 Å². The highest BCUT2D eigenvalue weighted by Gasteiger charge is 2.41. The van der Waals surface area contributed by atoms with Gasteiger partial charge in [0.25, 0.3) is 0 Å². The molecule has 1 amide bonds. The van der Waals surface area contributed by atoms with Crippen molar-refractivity contribution in [3.8, 4) is 0 Å². The third-order valence-electron chi connectivity index (χ3n) is 11.8. The van der Waals surface area contributed by atoms with E-state index in [0.29, 0.717) is 25.7 Å². The summed E-state index contributed by atoms with van der Waals surface area (Å²) in [4.78, 5) is 31.1. The lowest BCUT2D eigenvalue weighted by molar-refractivity contribution is -0.179. The third-order valence-corrected chi connectivity index (χ3v) is 11.8. The van der Waals surface area contributed by atoms with Gasteiger partial charge in [-0.15, -0.1) is 0 Å². The maximum atomic E-state index is 15.4. The average molecular weight is 799 g/mol. The van der Waals surface area contributed by atoms with Crippen molar-refractivity contribution in [1.82, 2.24) is 9.80 Å². The normalized spacial score (nSPS) is 12.5. The van der Waals surface area contributed by atoms with Crippen LogP contribution < -0.4 is 0 Å². The Hall–Kier alpha value is -1.24. The van der Waals surface area contributed by atoms with E-state index in [1.54, 1.807) is 0 Å². The van der Waals surface area contributed by atoms with Crippen molar-refractivity contribution in [3.05, 3.63) is 0 Å². The van der Waals surface area contributed by atoms with Crippen molar-refractivity contribution in [1.29, 1.82) is 0 Å². The number of nitrogens with zero attached hydrogens (tertiary/aromatic N) is 2. The Kier molecular flexibility index (Phi) is 38.4. The van der Waals surface area contributed by atoms with Gasteiger partial charge in [-0.2, -0.15) is 8.78 Å². The standard InChI is InChI=1S/C49H96F2N2O3/c1-7-11-15-19-23-25-29-35-44-53(47(54)41-36-43-52(5)6)45(37-30-26-24-20-16-12-8-2)38-33-34-42-49(50,51)48(55)56-46(39-31-27-21-17-13-9-3)40-32-28-22-18-14-10-4/h45-46H,7-44H2,1-6H3. The first kappa shape index (κ1) is 54.8. The van der Waals surface area contributed by atoms with Crippen molar-refractivity contribution in [2.45, 2.75) is 277 Å². The molecule has 334 valence electrons. The number of carbonyl (C=O) groups is 2. The van der Waals surface area contributed by atoms with Crippen molar-refractivity contribution in [3.63, 3.8) is 0 Å². The first-order chi connectivity index (χ1) is 27.1. The molecule has 0 N–H and O–H groups in total. The molecule has 0 radical (unpaired) electrons. The zero-order valence-corrected chi connectivity index (χ0v) is 38.4. The van der Waals surface area contributed by atoms with Gasteiger partial charge < -0.3 is 14.5 Å². The van der Waals surface area contributed by atoms with Crippen molar-refractivity contribution in [2.75, 3.05) is 27.2 Å². The number of amides is 1. The van der Waals surface area contributed by atoms with Gasteiger partial charge >= 0.3 is 11.9 Å². The molecule has 1 unspecified atom stereocenters. The molecule has 0 aromatic carbocycles. The Balaban J connectivity index is 5.46. The number of rotatable bonds is 43. The summed E-state index contributed by atoms with van der Waals surface area (Å²) in [5.41, 5.74) is 0. The number of carbonyl (C=O) groups excluding carboxylic acids is 2. The van der Waals surface area contributed by atoms with E-state index in [-0.39, 0.29) is 18.4 Å². The van der Waals surface area contributed by atoms with Gasteiger partial charge in [0.1, 0.15) is 6.10 Å². The fraction of sp³-hybridized carbons (Fsp3) is 0.959. The van der Waals surface area contributed by atoms with E-state index in [1.165, 1.54) is 109 Å². The second-order valence-corrected chi connectivity index (χ2v) is 17.6. The van der Waals surface area contributed by atoms with Gasteiger partial charge in [0, 0.05) is 25.4 Å². The molecule has 0 saturated heterocycles. The lowest BCUT2D eigenvalue weighted by Gasteiger charge is -2.33. The molecular weight excluding hydrogens is 703 g/mol. The van der Waals surface area contributed by atoms with E-state index in [0.717, 1.165) is 96.6 Å². The molecule has 0 aromatic rings. The lowest BCUT2D eigenvalue weighted by atomic mass is 9.97. The number of unbranched alkanes of at least 4 members (excludes halogenated alkanes) is 24. The summed E-state index contributed by atoms with van der Waals surface area (Å²) in [6, 6.07) is 0.0710. The summed E-state index contributed by atoms with van der Waals surface area (Å²) in [7, 11) is 4.09. The molecule has 0 spiro atoms. The van der Waals surface area contributed by atoms with Crippen LogP contribution in [-0.4, -0.2) is 66.9 Å². The van der Waals surface area contributed by atoms with Gasteiger partial charge in [-0.05, 0) is 78.4 Å². The van der Waals surface area contributed by atoms with Gasteiger partial charge in [-0.1, -0.05) is 188 Å². The van der Waals surface area contributed by atoms with Crippen LogP contribution >= 0.6 is 0 Å². The van der Waals surface area contributed by atoms with Crippen LogP contribution in [0.3, 0.4) is 0 Å². The van der Waals surface area contributed by atoms with Crippen molar-refractivity contribution in [2.24, 2.45) is 0 Å². The smallest absolute Gasteiger partial charge is 0.377 e. The minimum atomic E-state index is -3.48. The van der Waals surface area contributed by atoms with Crippen LogP contribution in [0.4, 0.5) is 8.78 Å². The second-order valence-electron chi connectivity index (χ2n) is 17.6. The number of ether oxygens (including phenoxy) is 1. The monoisotopic (exact) mass is 799 g/mol. The highest BCUT2D eigenvalue weighted by atomic mass is 19.3. The fourth-order valence-electron chi connectivity index (χ4n) is 8.04. The summed E-state index contributed by atoms with van der Waals surface area (Å²) >= 11 is 0. The molecule has 0 heterocycles. The molecule has 56 heavy (non-hydrogen) atoms.